The number of morpholine rings is 1. The predicted octanol–water partition coefficient (Wildman–Crippen LogP) is 3.02. The first-order chi connectivity index (χ1) is 17.5. The van der Waals surface area contributed by atoms with Gasteiger partial charge in [0.2, 0.25) is 5.43 Å². The highest BCUT2D eigenvalue weighted by Crippen LogP contribution is 2.15. The topological polar surface area (TPSA) is 92.9 Å². The van der Waals surface area contributed by atoms with Crippen LogP contribution in [0.2, 0.25) is 5.02 Å². The summed E-state index contributed by atoms with van der Waals surface area (Å²) in [6.45, 7) is 4.98. The molecule has 1 saturated heterocycles. The van der Waals surface area contributed by atoms with Crippen LogP contribution in [0.3, 0.4) is 0 Å². The molecule has 0 aliphatic carbocycles. The minimum Gasteiger partial charge on any atom is -0.382 e. The summed E-state index contributed by atoms with van der Waals surface area (Å²) in [5, 5.41) is 4.03. The third-order valence-electron chi connectivity index (χ3n) is 6.21. The summed E-state index contributed by atoms with van der Waals surface area (Å²) in [7, 11) is 1.61. The number of hydrogen-bond donors (Lipinski definition) is 2. The molecule has 2 N–H and O–H groups in total. The SMILES string of the molecule is COCCOC(CNC(=O)c1c[nH]c2ccc(CN3CCOCC3)cc2c1=O)Cc1ccc(Cl)cc1. The van der Waals surface area contributed by atoms with Crippen LogP contribution in [0, 0.1) is 0 Å². The number of halogens is 1. The minimum absolute atomic E-state index is 0.0770. The van der Waals surface area contributed by atoms with Crippen molar-refractivity contribution in [2.24, 2.45) is 0 Å². The van der Waals surface area contributed by atoms with E-state index in [1.54, 1.807) is 7.11 Å². The fraction of sp³-hybridized carbons (Fsp3) is 0.407. The average Bonchev–Trinajstić information content (AvgIpc) is 2.89. The summed E-state index contributed by atoms with van der Waals surface area (Å²) in [6, 6.07) is 13.3. The van der Waals surface area contributed by atoms with Crippen molar-refractivity contribution in [3.05, 3.63) is 80.6 Å². The van der Waals surface area contributed by atoms with Crippen molar-refractivity contribution >= 4 is 28.4 Å². The number of amides is 1. The summed E-state index contributed by atoms with van der Waals surface area (Å²) in [6.07, 6.45) is 1.77. The van der Waals surface area contributed by atoms with Crippen molar-refractivity contribution < 1.29 is 19.0 Å². The molecule has 1 fully saturated rings. The maximum atomic E-state index is 13.2. The van der Waals surface area contributed by atoms with Crippen molar-refractivity contribution in [1.82, 2.24) is 15.2 Å². The predicted molar refractivity (Wildman–Crippen MR) is 140 cm³/mol. The van der Waals surface area contributed by atoms with E-state index in [9.17, 15) is 9.59 Å². The van der Waals surface area contributed by atoms with E-state index >= 15 is 0 Å². The van der Waals surface area contributed by atoms with E-state index in [-0.39, 0.29) is 23.6 Å². The zero-order valence-corrected chi connectivity index (χ0v) is 21.2. The van der Waals surface area contributed by atoms with Gasteiger partial charge in [-0.1, -0.05) is 29.8 Å². The molecular formula is C27H32ClN3O5. The van der Waals surface area contributed by atoms with Gasteiger partial charge in [-0.2, -0.15) is 0 Å². The molecule has 9 heteroatoms. The fourth-order valence-corrected chi connectivity index (χ4v) is 4.35. The molecule has 2 aromatic carbocycles. The van der Waals surface area contributed by atoms with Crippen LogP contribution in [0.5, 0.6) is 0 Å². The number of aromatic nitrogens is 1. The van der Waals surface area contributed by atoms with Gasteiger partial charge in [-0.15, -0.1) is 0 Å². The number of rotatable bonds is 11. The van der Waals surface area contributed by atoms with Gasteiger partial charge < -0.3 is 24.5 Å². The summed E-state index contributed by atoms with van der Waals surface area (Å²) >= 11 is 5.99. The van der Waals surface area contributed by atoms with Crippen LogP contribution >= 0.6 is 11.6 Å². The molecule has 1 aliphatic rings. The first-order valence-electron chi connectivity index (χ1n) is 12.1. The van der Waals surface area contributed by atoms with Crippen molar-refractivity contribution in [2.45, 2.75) is 19.1 Å². The number of methoxy groups -OCH3 is 1. The largest absolute Gasteiger partial charge is 0.382 e. The molecule has 1 aromatic heterocycles. The molecule has 1 amide bonds. The van der Waals surface area contributed by atoms with Crippen LogP contribution in [-0.2, 0) is 27.2 Å². The molecule has 8 nitrogen and oxygen atoms in total. The van der Waals surface area contributed by atoms with Crippen molar-refractivity contribution in [2.75, 3.05) is 53.2 Å². The molecule has 36 heavy (non-hydrogen) atoms. The van der Waals surface area contributed by atoms with Gasteiger partial charge in [-0.25, -0.2) is 0 Å². The average molecular weight is 514 g/mol. The summed E-state index contributed by atoms with van der Waals surface area (Å²) < 4.78 is 16.4. The highest BCUT2D eigenvalue weighted by atomic mass is 35.5. The Morgan fingerprint density at radius 3 is 2.64 bits per heavy atom. The van der Waals surface area contributed by atoms with E-state index < -0.39 is 5.91 Å². The van der Waals surface area contributed by atoms with Gasteiger partial charge in [0.05, 0.1) is 32.5 Å². The molecule has 1 unspecified atom stereocenters. The van der Waals surface area contributed by atoms with Gasteiger partial charge in [-0.3, -0.25) is 14.5 Å². The first-order valence-corrected chi connectivity index (χ1v) is 12.5. The van der Waals surface area contributed by atoms with Crippen molar-refractivity contribution in [3.8, 4) is 0 Å². The number of nitrogens with zero attached hydrogens (tertiary/aromatic N) is 1. The number of H-pyrrole nitrogens is 1. The molecule has 0 spiro atoms. The highest BCUT2D eigenvalue weighted by Gasteiger charge is 2.17. The molecule has 2 heterocycles. The van der Waals surface area contributed by atoms with Crippen molar-refractivity contribution in [3.63, 3.8) is 0 Å². The molecule has 1 atom stereocenters. The summed E-state index contributed by atoms with van der Waals surface area (Å²) in [4.78, 5) is 31.6. The second-order valence-corrected chi connectivity index (χ2v) is 9.26. The number of hydrogen-bond acceptors (Lipinski definition) is 6. The van der Waals surface area contributed by atoms with Crippen LogP contribution in [0.25, 0.3) is 10.9 Å². The van der Waals surface area contributed by atoms with Gasteiger partial charge in [-0.05, 0) is 35.4 Å². The van der Waals surface area contributed by atoms with Gasteiger partial charge in [0.1, 0.15) is 5.56 Å². The Morgan fingerprint density at radius 2 is 1.89 bits per heavy atom. The van der Waals surface area contributed by atoms with E-state index in [0.29, 0.717) is 48.8 Å². The number of benzene rings is 2. The van der Waals surface area contributed by atoms with Crippen LogP contribution in [-0.4, -0.2) is 75.1 Å². The molecule has 0 radical (unpaired) electrons. The van der Waals surface area contributed by atoms with Gasteiger partial charge in [0, 0.05) is 61.8 Å². The molecule has 4 rings (SSSR count). The smallest absolute Gasteiger partial charge is 0.256 e. The maximum absolute atomic E-state index is 13.2. The molecule has 0 bridgehead atoms. The quantitative estimate of drug-likeness (QED) is 0.383. The Balaban J connectivity index is 1.45. The summed E-state index contributed by atoms with van der Waals surface area (Å²) in [5.74, 6) is -0.437. The normalized spacial score (nSPS) is 15.2. The zero-order valence-electron chi connectivity index (χ0n) is 20.4. The molecule has 192 valence electrons. The van der Waals surface area contributed by atoms with E-state index in [1.165, 1.54) is 6.20 Å². The lowest BCUT2D eigenvalue weighted by molar-refractivity contribution is 0.0179. The summed E-state index contributed by atoms with van der Waals surface area (Å²) in [5.41, 5.74) is 2.55. The minimum atomic E-state index is -0.437. The first kappa shape index (κ1) is 26.3. The number of ether oxygens (including phenoxy) is 3. The van der Waals surface area contributed by atoms with E-state index in [4.69, 9.17) is 25.8 Å². The Morgan fingerprint density at radius 1 is 1.14 bits per heavy atom. The molecule has 0 saturated carbocycles. The lowest BCUT2D eigenvalue weighted by Gasteiger charge is -2.26. The Hall–Kier alpha value is -2.75. The second-order valence-electron chi connectivity index (χ2n) is 8.83. The number of carbonyl (C=O) groups excluding carboxylic acids is 1. The van der Waals surface area contributed by atoms with E-state index in [0.717, 1.165) is 30.8 Å². The van der Waals surface area contributed by atoms with Gasteiger partial charge in [0.15, 0.2) is 0 Å². The standard InChI is InChI=1S/C27H32ClN3O5/c1-34-12-13-36-22(14-19-2-5-21(28)6-3-19)16-30-27(33)24-17-29-25-7-4-20(15-23(25)26(24)32)18-31-8-10-35-11-9-31/h2-7,15,17,22H,8-14,16,18H2,1H3,(H,29,32)(H,30,33). The number of nitrogens with one attached hydrogen (secondary N) is 2. The fourth-order valence-electron chi connectivity index (χ4n) is 4.22. The second kappa shape index (κ2) is 13.0. The van der Waals surface area contributed by atoms with E-state index in [1.807, 2.05) is 42.5 Å². The van der Waals surface area contributed by atoms with Gasteiger partial charge >= 0.3 is 0 Å². The maximum Gasteiger partial charge on any atom is 0.256 e. The monoisotopic (exact) mass is 513 g/mol. The Kier molecular flexibility index (Phi) is 9.49. The number of aromatic amines is 1. The van der Waals surface area contributed by atoms with Crippen LogP contribution < -0.4 is 10.7 Å². The van der Waals surface area contributed by atoms with Crippen LogP contribution in [0.1, 0.15) is 21.5 Å². The highest BCUT2D eigenvalue weighted by molar-refractivity contribution is 6.30. The van der Waals surface area contributed by atoms with Gasteiger partial charge in [0.25, 0.3) is 5.91 Å². The lowest BCUT2D eigenvalue weighted by atomic mass is 10.1. The zero-order chi connectivity index (χ0) is 25.3. The molecule has 3 aromatic rings. The lowest BCUT2D eigenvalue weighted by Crippen LogP contribution is -2.37. The third kappa shape index (κ3) is 7.15. The molecule has 1 aliphatic heterocycles. The number of pyridine rings is 1. The van der Waals surface area contributed by atoms with Crippen molar-refractivity contribution in [1.29, 1.82) is 0 Å². The van der Waals surface area contributed by atoms with Crippen LogP contribution in [0.4, 0.5) is 0 Å². The number of carbonyl (C=O) groups is 1. The third-order valence-corrected chi connectivity index (χ3v) is 6.46. The van der Waals surface area contributed by atoms with Crippen LogP contribution in [0.15, 0.2) is 53.5 Å². The van der Waals surface area contributed by atoms with E-state index in [2.05, 4.69) is 15.2 Å². The Labute approximate surface area is 215 Å². The molecular weight excluding hydrogens is 482 g/mol. The number of fused-ring (bicyclic) bond motifs is 1. The Bertz CT molecular complexity index is 1210.